The molecule has 0 aromatic heterocycles. The molecule has 3 N–H and O–H groups in total. The summed E-state index contributed by atoms with van der Waals surface area (Å²) in [5.41, 5.74) is 5.61. The van der Waals surface area contributed by atoms with Crippen LogP contribution < -0.4 is 11.1 Å². The van der Waals surface area contributed by atoms with Gasteiger partial charge < -0.3 is 11.1 Å². The Morgan fingerprint density at radius 3 is 3.20 bits per heavy atom. The Labute approximate surface area is 60.3 Å². The van der Waals surface area contributed by atoms with Crippen LogP contribution in [0.2, 0.25) is 0 Å². The first-order valence-corrected chi connectivity index (χ1v) is 3.43. The van der Waals surface area contributed by atoms with Crippen molar-refractivity contribution in [2.24, 2.45) is 11.7 Å². The van der Waals surface area contributed by atoms with E-state index < -0.39 is 0 Å². The summed E-state index contributed by atoms with van der Waals surface area (Å²) in [7, 11) is 0. The number of hydrogen-bond donors (Lipinski definition) is 2. The van der Waals surface area contributed by atoms with E-state index in [0.29, 0.717) is 0 Å². The van der Waals surface area contributed by atoms with Gasteiger partial charge in [0.1, 0.15) is 0 Å². The first kappa shape index (κ1) is 7.28. The molecule has 56 valence electrons. The van der Waals surface area contributed by atoms with Gasteiger partial charge in [0, 0.05) is 18.2 Å². The first-order chi connectivity index (χ1) is 4.70. The molecule has 0 radical (unpaired) electrons. The van der Waals surface area contributed by atoms with Crippen LogP contribution in [-0.4, -0.2) is 11.9 Å². The van der Waals surface area contributed by atoms with Crippen LogP contribution in [0, 0.1) is 5.92 Å². The molecule has 2 atom stereocenters. The highest BCUT2D eigenvalue weighted by atomic mass is 16.1. The van der Waals surface area contributed by atoms with Gasteiger partial charge in [-0.15, -0.1) is 0 Å². The lowest BCUT2D eigenvalue weighted by molar-refractivity contribution is -0.123. The second kappa shape index (κ2) is 2.84. The number of carbonyl (C=O) groups is 1. The van der Waals surface area contributed by atoms with Crippen LogP contribution in [0.5, 0.6) is 0 Å². The highest BCUT2D eigenvalue weighted by Gasteiger charge is 2.16. The predicted octanol–water partition coefficient (Wildman–Crippen LogP) is -0.0166. The zero-order valence-corrected chi connectivity index (χ0v) is 6.00. The molecule has 0 saturated carbocycles. The zero-order chi connectivity index (χ0) is 7.56. The third-order valence-electron chi connectivity index (χ3n) is 1.64. The topological polar surface area (TPSA) is 55.1 Å². The van der Waals surface area contributed by atoms with Crippen molar-refractivity contribution in [2.75, 3.05) is 0 Å². The molecule has 3 nitrogen and oxygen atoms in total. The van der Waals surface area contributed by atoms with Gasteiger partial charge in [0.2, 0.25) is 5.91 Å². The summed E-state index contributed by atoms with van der Waals surface area (Å²) in [6.45, 7) is 1.88. The standard InChI is InChI=1S/C7H12N2O/c1-5-4-6(8)2-3-9-7(5)10/h2-3,5-6H,4,8H2,1H3,(H,9,10). The highest BCUT2D eigenvalue weighted by molar-refractivity contribution is 5.79. The van der Waals surface area contributed by atoms with Crippen molar-refractivity contribution in [3.8, 4) is 0 Å². The van der Waals surface area contributed by atoms with Crippen molar-refractivity contribution in [3.05, 3.63) is 12.3 Å². The van der Waals surface area contributed by atoms with Gasteiger partial charge in [0.05, 0.1) is 0 Å². The van der Waals surface area contributed by atoms with E-state index in [1.54, 1.807) is 12.3 Å². The van der Waals surface area contributed by atoms with E-state index in [0.717, 1.165) is 6.42 Å². The van der Waals surface area contributed by atoms with E-state index in [2.05, 4.69) is 5.32 Å². The lowest BCUT2D eigenvalue weighted by atomic mass is 10.0. The van der Waals surface area contributed by atoms with Crippen LogP contribution in [-0.2, 0) is 4.79 Å². The van der Waals surface area contributed by atoms with E-state index in [9.17, 15) is 4.79 Å². The normalized spacial score (nSPS) is 33.2. The van der Waals surface area contributed by atoms with Crippen molar-refractivity contribution in [3.63, 3.8) is 0 Å². The number of hydrogen-bond acceptors (Lipinski definition) is 2. The molecule has 1 amide bonds. The average molecular weight is 140 g/mol. The summed E-state index contributed by atoms with van der Waals surface area (Å²) in [5, 5.41) is 2.63. The Morgan fingerprint density at radius 2 is 2.50 bits per heavy atom. The molecule has 0 saturated heterocycles. The van der Waals surface area contributed by atoms with Crippen LogP contribution in [0.4, 0.5) is 0 Å². The zero-order valence-electron chi connectivity index (χ0n) is 6.00. The Morgan fingerprint density at radius 1 is 1.80 bits per heavy atom. The summed E-state index contributed by atoms with van der Waals surface area (Å²) < 4.78 is 0. The van der Waals surface area contributed by atoms with Crippen LogP contribution >= 0.6 is 0 Å². The minimum absolute atomic E-state index is 0.0222. The molecular formula is C7H12N2O. The monoisotopic (exact) mass is 140 g/mol. The molecule has 0 aliphatic carbocycles. The van der Waals surface area contributed by atoms with Gasteiger partial charge >= 0.3 is 0 Å². The molecular weight excluding hydrogens is 128 g/mol. The fourth-order valence-corrected chi connectivity index (χ4v) is 0.990. The van der Waals surface area contributed by atoms with Crippen LogP contribution in [0.1, 0.15) is 13.3 Å². The quantitative estimate of drug-likeness (QED) is 0.497. The number of nitrogens with two attached hydrogens (primary N) is 1. The molecule has 0 bridgehead atoms. The fraction of sp³-hybridized carbons (Fsp3) is 0.571. The van der Waals surface area contributed by atoms with Crippen molar-refractivity contribution in [1.82, 2.24) is 5.32 Å². The van der Waals surface area contributed by atoms with Gasteiger partial charge in [0.25, 0.3) is 0 Å². The largest absolute Gasteiger partial charge is 0.333 e. The van der Waals surface area contributed by atoms with Crippen molar-refractivity contribution < 1.29 is 4.79 Å². The fourth-order valence-electron chi connectivity index (χ4n) is 0.990. The molecule has 3 heteroatoms. The van der Waals surface area contributed by atoms with Gasteiger partial charge in [-0.05, 0) is 6.42 Å². The smallest absolute Gasteiger partial charge is 0.226 e. The molecule has 1 rings (SSSR count). The lowest BCUT2D eigenvalue weighted by Crippen LogP contribution is -2.26. The van der Waals surface area contributed by atoms with E-state index in [-0.39, 0.29) is 17.9 Å². The number of nitrogens with one attached hydrogen (secondary N) is 1. The third kappa shape index (κ3) is 1.57. The maximum atomic E-state index is 10.9. The van der Waals surface area contributed by atoms with E-state index in [4.69, 9.17) is 5.73 Å². The Kier molecular flexibility index (Phi) is 2.06. The van der Waals surface area contributed by atoms with E-state index in [1.165, 1.54) is 0 Å². The maximum absolute atomic E-state index is 10.9. The van der Waals surface area contributed by atoms with Crippen molar-refractivity contribution in [1.29, 1.82) is 0 Å². The van der Waals surface area contributed by atoms with Crippen LogP contribution in [0.3, 0.4) is 0 Å². The summed E-state index contributed by atoms with van der Waals surface area (Å²) >= 11 is 0. The predicted molar refractivity (Wildman–Crippen MR) is 39.0 cm³/mol. The molecule has 1 aliphatic heterocycles. The second-order valence-corrected chi connectivity index (χ2v) is 2.67. The number of amides is 1. The Hall–Kier alpha value is -0.830. The highest BCUT2D eigenvalue weighted by Crippen LogP contribution is 2.07. The van der Waals surface area contributed by atoms with Gasteiger partial charge in [-0.3, -0.25) is 4.79 Å². The van der Waals surface area contributed by atoms with E-state index in [1.807, 2.05) is 6.92 Å². The summed E-state index contributed by atoms with van der Waals surface area (Å²) in [6.07, 6.45) is 4.17. The van der Waals surface area contributed by atoms with Crippen LogP contribution in [0.25, 0.3) is 0 Å². The molecule has 0 aromatic carbocycles. The SMILES string of the molecule is CC1CC(N)C=CNC1=O. The van der Waals surface area contributed by atoms with E-state index >= 15 is 0 Å². The summed E-state index contributed by atoms with van der Waals surface area (Å²) in [5.74, 6) is 0.0919. The van der Waals surface area contributed by atoms with Crippen LogP contribution in [0.15, 0.2) is 12.3 Å². The molecule has 10 heavy (non-hydrogen) atoms. The molecule has 1 aliphatic rings. The molecule has 0 spiro atoms. The molecule has 0 fully saturated rings. The van der Waals surface area contributed by atoms with Gasteiger partial charge in [-0.25, -0.2) is 0 Å². The van der Waals surface area contributed by atoms with Crippen molar-refractivity contribution >= 4 is 5.91 Å². The van der Waals surface area contributed by atoms with Gasteiger partial charge in [-0.2, -0.15) is 0 Å². The number of rotatable bonds is 0. The lowest BCUT2D eigenvalue weighted by Gasteiger charge is -2.07. The first-order valence-electron chi connectivity index (χ1n) is 3.43. The third-order valence-corrected chi connectivity index (χ3v) is 1.64. The minimum Gasteiger partial charge on any atom is -0.333 e. The average Bonchev–Trinajstić information content (AvgIpc) is 1.96. The molecule has 0 aromatic rings. The van der Waals surface area contributed by atoms with Gasteiger partial charge in [0.15, 0.2) is 0 Å². The maximum Gasteiger partial charge on any atom is 0.226 e. The minimum atomic E-state index is 0.0222. The second-order valence-electron chi connectivity index (χ2n) is 2.67. The number of carbonyl (C=O) groups excluding carboxylic acids is 1. The Bertz CT molecular complexity index is 165. The summed E-state index contributed by atoms with van der Waals surface area (Å²) in [4.78, 5) is 10.9. The Balaban J connectivity index is 2.60. The molecule has 1 heterocycles. The van der Waals surface area contributed by atoms with Gasteiger partial charge in [-0.1, -0.05) is 13.0 Å². The van der Waals surface area contributed by atoms with Crippen molar-refractivity contribution in [2.45, 2.75) is 19.4 Å². The molecule has 2 unspecified atom stereocenters. The summed E-state index contributed by atoms with van der Waals surface area (Å²) in [6, 6.07) is 0.0222.